The number of allylic oxidation sites excluding steroid dienone is 1. The van der Waals surface area contributed by atoms with Crippen molar-refractivity contribution in [1.29, 1.82) is 0 Å². The number of hydrogen-bond donors (Lipinski definition) is 5. The first-order valence-electron chi connectivity index (χ1n) is 9.07. The van der Waals surface area contributed by atoms with Crippen molar-refractivity contribution < 1.29 is 30.0 Å². The van der Waals surface area contributed by atoms with Gasteiger partial charge in [0, 0.05) is 12.5 Å². The van der Waals surface area contributed by atoms with Crippen LogP contribution in [-0.2, 0) is 9.59 Å². The highest BCUT2D eigenvalue weighted by Gasteiger charge is 2.50. The fourth-order valence-corrected chi connectivity index (χ4v) is 2.87. The van der Waals surface area contributed by atoms with Gasteiger partial charge in [0.05, 0.1) is 26.0 Å². The average Bonchev–Trinajstić information content (AvgIpc) is 3.24. The Labute approximate surface area is 154 Å². The lowest BCUT2D eigenvalue weighted by Crippen LogP contribution is -2.41. The molecular formula is C18H32N2O6. The predicted molar refractivity (Wildman–Crippen MR) is 96.0 cm³/mol. The summed E-state index contributed by atoms with van der Waals surface area (Å²) >= 11 is 0. The van der Waals surface area contributed by atoms with Crippen LogP contribution in [0.4, 0.5) is 0 Å². The van der Waals surface area contributed by atoms with Gasteiger partial charge in [-0.1, -0.05) is 26.3 Å². The van der Waals surface area contributed by atoms with Gasteiger partial charge in [0.1, 0.15) is 5.70 Å². The Hall–Kier alpha value is -1.48. The van der Waals surface area contributed by atoms with Crippen molar-refractivity contribution in [2.24, 2.45) is 11.3 Å². The summed E-state index contributed by atoms with van der Waals surface area (Å²) in [7, 11) is 0. The first-order valence-corrected chi connectivity index (χ1v) is 9.07. The summed E-state index contributed by atoms with van der Waals surface area (Å²) < 4.78 is 0. The van der Waals surface area contributed by atoms with Crippen LogP contribution in [0.25, 0.3) is 0 Å². The third-order valence-electron chi connectivity index (χ3n) is 4.94. The number of amides is 1. The maximum Gasteiger partial charge on any atom is 0.352 e. The summed E-state index contributed by atoms with van der Waals surface area (Å²) in [4.78, 5) is 24.9. The van der Waals surface area contributed by atoms with Crippen molar-refractivity contribution in [1.82, 2.24) is 10.2 Å². The Bertz CT molecular complexity index is 502. The standard InChI is InChI=1S/C18H32N2O6/c1-18(2)9-14(18)16(24)19-15(17(25)26)7-5-3-4-6-8-20(12-23)13(10-21)11-22/h7,13-14,21-23H,3-6,8-12H2,1-2H3,(H,19,24)(H,25,26). The molecule has 0 spiro atoms. The third kappa shape index (κ3) is 7.03. The molecule has 0 radical (unpaired) electrons. The molecule has 1 fully saturated rings. The largest absolute Gasteiger partial charge is 0.477 e. The molecule has 0 aromatic heterocycles. The molecule has 0 bridgehead atoms. The second-order valence-corrected chi connectivity index (χ2v) is 7.48. The van der Waals surface area contributed by atoms with Crippen molar-refractivity contribution in [3.05, 3.63) is 11.8 Å². The number of hydrogen-bond acceptors (Lipinski definition) is 6. The fourth-order valence-electron chi connectivity index (χ4n) is 2.87. The Morgan fingerprint density at radius 2 is 1.81 bits per heavy atom. The van der Waals surface area contributed by atoms with Crippen molar-refractivity contribution in [2.45, 2.75) is 52.0 Å². The SMILES string of the molecule is CC1(C)CC1C(=O)NC(=CCCCCCN(CO)C(CO)CO)C(=O)O. The molecule has 1 atom stereocenters. The van der Waals surface area contributed by atoms with E-state index in [-0.39, 0.29) is 42.9 Å². The second-order valence-electron chi connectivity index (χ2n) is 7.48. The van der Waals surface area contributed by atoms with Crippen molar-refractivity contribution in [3.8, 4) is 0 Å². The third-order valence-corrected chi connectivity index (χ3v) is 4.94. The van der Waals surface area contributed by atoms with Gasteiger partial charge in [-0.25, -0.2) is 4.79 Å². The van der Waals surface area contributed by atoms with E-state index in [1.54, 1.807) is 4.90 Å². The van der Waals surface area contributed by atoms with Gasteiger partial charge in [-0.3, -0.25) is 9.69 Å². The smallest absolute Gasteiger partial charge is 0.352 e. The quantitative estimate of drug-likeness (QED) is 0.178. The van der Waals surface area contributed by atoms with Gasteiger partial charge in [-0.05, 0) is 31.1 Å². The van der Waals surface area contributed by atoms with Gasteiger partial charge >= 0.3 is 5.97 Å². The number of carboxylic acid groups (broad SMARTS) is 1. The number of unbranched alkanes of at least 4 members (excludes halogenated alkanes) is 3. The minimum Gasteiger partial charge on any atom is -0.477 e. The highest BCUT2D eigenvalue weighted by atomic mass is 16.4. The first-order chi connectivity index (χ1) is 12.3. The summed E-state index contributed by atoms with van der Waals surface area (Å²) in [6, 6.07) is -0.472. The summed E-state index contributed by atoms with van der Waals surface area (Å²) in [5.74, 6) is -1.50. The normalized spacial score (nSPS) is 19.0. The van der Waals surface area contributed by atoms with Crippen LogP contribution in [0.5, 0.6) is 0 Å². The van der Waals surface area contributed by atoms with Crippen LogP contribution >= 0.6 is 0 Å². The first kappa shape index (κ1) is 22.6. The van der Waals surface area contributed by atoms with Crippen LogP contribution in [0.2, 0.25) is 0 Å². The summed E-state index contributed by atoms with van der Waals surface area (Å²) in [6.45, 7) is 3.81. The van der Waals surface area contributed by atoms with E-state index in [0.717, 1.165) is 25.7 Å². The van der Waals surface area contributed by atoms with Gasteiger partial charge in [-0.15, -0.1) is 0 Å². The minimum absolute atomic E-state index is 0.0483. The number of carboxylic acids is 1. The van der Waals surface area contributed by atoms with Crippen molar-refractivity contribution >= 4 is 11.9 Å². The van der Waals surface area contributed by atoms with Gasteiger partial charge in [-0.2, -0.15) is 0 Å². The summed E-state index contributed by atoms with van der Waals surface area (Å²) in [5.41, 5.74) is -0.122. The molecule has 0 aromatic carbocycles. The van der Waals surface area contributed by atoms with Crippen LogP contribution in [0.3, 0.4) is 0 Å². The molecule has 8 nitrogen and oxygen atoms in total. The number of carbonyl (C=O) groups is 2. The van der Waals surface area contributed by atoms with E-state index >= 15 is 0 Å². The lowest BCUT2D eigenvalue weighted by Gasteiger charge is -2.26. The van der Waals surface area contributed by atoms with Crippen LogP contribution < -0.4 is 5.32 Å². The molecule has 5 N–H and O–H groups in total. The van der Waals surface area contributed by atoms with Gasteiger partial charge < -0.3 is 25.7 Å². The van der Waals surface area contributed by atoms with E-state index in [1.165, 1.54) is 6.08 Å². The zero-order chi connectivity index (χ0) is 19.7. The molecule has 1 aliphatic carbocycles. The maximum atomic E-state index is 12.0. The number of aliphatic hydroxyl groups is 3. The molecule has 0 aliphatic heterocycles. The van der Waals surface area contributed by atoms with Crippen LogP contribution in [0.15, 0.2) is 11.8 Å². The topological polar surface area (TPSA) is 130 Å². The van der Waals surface area contributed by atoms with Crippen molar-refractivity contribution in [2.75, 3.05) is 26.5 Å². The second kappa shape index (κ2) is 10.6. The zero-order valence-electron chi connectivity index (χ0n) is 15.6. The lowest BCUT2D eigenvalue weighted by atomic mass is 10.1. The molecule has 0 saturated heterocycles. The molecule has 150 valence electrons. The van der Waals surface area contributed by atoms with E-state index in [9.17, 15) is 19.8 Å². The van der Waals surface area contributed by atoms with E-state index in [2.05, 4.69) is 5.32 Å². The van der Waals surface area contributed by atoms with E-state index in [1.807, 2.05) is 13.8 Å². The molecular weight excluding hydrogens is 340 g/mol. The predicted octanol–water partition coefficient (Wildman–Crippen LogP) is 0.283. The molecule has 1 amide bonds. The van der Waals surface area contributed by atoms with Gasteiger partial charge in [0.15, 0.2) is 0 Å². The van der Waals surface area contributed by atoms with Gasteiger partial charge in [0.25, 0.3) is 0 Å². The summed E-state index contributed by atoms with van der Waals surface area (Å²) in [5, 5.41) is 39.2. The summed E-state index contributed by atoms with van der Waals surface area (Å²) in [6.07, 6.45) is 5.12. The Kier molecular flexibility index (Phi) is 9.21. The monoisotopic (exact) mass is 372 g/mol. The van der Waals surface area contributed by atoms with E-state index in [4.69, 9.17) is 10.2 Å². The highest BCUT2D eigenvalue weighted by molar-refractivity contribution is 5.94. The molecule has 0 heterocycles. The number of aliphatic carboxylic acids is 1. The molecule has 1 unspecified atom stereocenters. The fraction of sp³-hybridized carbons (Fsp3) is 0.778. The molecule has 0 aromatic rings. The minimum atomic E-state index is -1.14. The Morgan fingerprint density at radius 1 is 1.19 bits per heavy atom. The lowest BCUT2D eigenvalue weighted by molar-refractivity contribution is -0.135. The Morgan fingerprint density at radius 3 is 2.27 bits per heavy atom. The van der Waals surface area contributed by atoms with Crippen molar-refractivity contribution in [3.63, 3.8) is 0 Å². The number of aliphatic hydroxyl groups excluding tert-OH is 3. The molecule has 1 rings (SSSR count). The van der Waals surface area contributed by atoms with E-state index < -0.39 is 12.0 Å². The van der Waals surface area contributed by atoms with Crippen LogP contribution in [-0.4, -0.2) is 69.7 Å². The molecule has 1 saturated carbocycles. The van der Waals surface area contributed by atoms with E-state index in [0.29, 0.717) is 13.0 Å². The van der Waals surface area contributed by atoms with Crippen LogP contribution in [0, 0.1) is 11.3 Å². The maximum absolute atomic E-state index is 12.0. The molecule has 8 heteroatoms. The number of rotatable bonds is 13. The van der Waals surface area contributed by atoms with Crippen LogP contribution in [0.1, 0.15) is 46.0 Å². The highest BCUT2D eigenvalue weighted by Crippen LogP contribution is 2.51. The number of nitrogens with one attached hydrogen (secondary N) is 1. The number of carbonyl (C=O) groups excluding carboxylic acids is 1. The Balaban J connectivity index is 2.33. The van der Waals surface area contributed by atoms with Gasteiger partial charge in [0.2, 0.25) is 5.91 Å². The number of nitrogens with zero attached hydrogens (tertiary/aromatic N) is 1. The molecule has 26 heavy (non-hydrogen) atoms. The molecule has 1 aliphatic rings. The average molecular weight is 372 g/mol. The zero-order valence-corrected chi connectivity index (χ0v) is 15.6.